The minimum Gasteiger partial charge on any atom is -0.372 e. The highest BCUT2D eigenvalue weighted by Crippen LogP contribution is 2.32. The summed E-state index contributed by atoms with van der Waals surface area (Å²) in [6.07, 6.45) is -3.45. The molecular weight excluding hydrogens is 279 g/mol. The van der Waals surface area contributed by atoms with Gasteiger partial charge in [0.15, 0.2) is 0 Å². The van der Waals surface area contributed by atoms with Gasteiger partial charge in [-0.25, -0.2) is 0 Å². The third kappa shape index (κ3) is 4.20. The van der Waals surface area contributed by atoms with Crippen molar-refractivity contribution in [2.24, 2.45) is 0 Å². The third-order valence-corrected chi connectivity index (χ3v) is 3.89. The Morgan fingerprint density at radius 3 is 2.43 bits per heavy atom. The average Bonchev–Trinajstić information content (AvgIpc) is 2.84. The molecule has 0 spiro atoms. The van der Waals surface area contributed by atoms with Gasteiger partial charge in [0.25, 0.3) is 0 Å². The number of halogens is 3. The highest BCUT2D eigenvalue weighted by molar-refractivity contribution is 5.29. The maximum Gasteiger partial charge on any atom is 0.416 e. The Balaban J connectivity index is 1.96. The normalized spacial score (nSPS) is 21.0. The molecule has 1 atom stereocenters. The molecule has 1 fully saturated rings. The van der Waals surface area contributed by atoms with E-state index in [4.69, 9.17) is 4.74 Å². The molecule has 1 aromatic rings. The van der Waals surface area contributed by atoms with E-state index in [0.29, 0.717) is 0 Å². The summed E-state index contributed by atoms with van der Waals surface area (Å²) < 4.78 is 44.4. The highest BCUT2D eigenvalue weighted by Gasteiger charge is 2.34. The number of alkyl halides is 3. The van der Waals surface area contributed by atoms with Crippen molar-refractivity contribution in [2.75, 3.05) is 13.1 Å². The Bertz CT molecular complexity index is 479. The molecule has 1 unspecified atom stereocenters. The molecule has 5 heteroatoms. The summed E-state index contributed by atoms with van der Waals surface area (Å²) in [4.78, 5) is 2.30. The summed E-state index contributed by atoms with van der Waals surface area (Å²) in [7, 11) is 0. The standard InChI is InChI=1S/C16H22F3NO/c1-15(2,3)20-9-8-13(10-20)21-11-12-6-4-5-7-14(12)16(17,18)19/h4-7,13H,8-11H2,1-3H3. The average molecular weight is 301 g/mol. The molecule has 1 heterocycles. The summed E-state index contributed by atoms with van der Waals surface area (Å²) in [6, 6.07) is 5.61. The van der Waals surface area contributed by atoms with E-state index >= 15 is 0 Å². The molecule has 118 valence electrons. The number of likely N-dealkylation sites (tertiary alicyclic amines) is 1. The van der Waals surface area contributed by atoms with E-state index in [1.165, 1.54) is 12.1 Å². The summed E-state index contributed by atoms with van der Waals surface area (Å²) >= 11 is 0. The lowest BCUT2D eigenvalue weighted by molar-refractivity contribution is -0.139. The van der Waals surface area contributed by atoms with Gasteiger partial charge in [-0.3, -0.25) is 4.90 Å². The van der Waals surface area contributed by atoms with Gasteiger partial charge in [-0.2, -0.15) is 13.2 Å². The van der Waals surface area contributed by atoms with Crippen LogP contribution in [0.15, 0.2) is 24.3 Å². The van der Waals surface area contributed by atoms with E-state index in [-0.39, 0.29) is 23.8 Å². The fourth-order valence-electron chi connectivity index (χ4n) is 2.60. The fourth-order valence-corrected chi connectivity index (χ4v) is 2.60. The molecule has 0 bridgehead atoms. The van der Waals surface area contributed by atoms with E-state index in [0.717, 1.165) is 25.6 Å². The monoisotopic (exact) mass is 301 g/mol. The second kappa shape index (κ2) is 5.97. The molecule has 0 saturated carbocycles. The minimum atomic E-state index is -4.33. The number of hydrogen-bond acceptors (Lipinski definition) is 2. The van der Waals surface area contributed by atoms with Crippen molar-refractivity contribution in [2.45, 2.75) is 51.6 Å². The van der Waals surface area contributed by atoms with Gasteiger partial charge in [-0.1, -0.05) is 18.2 Å². The summed E-state index contributed by atoms with van der Waals surface area (Å²) in [5.74, 6) is 0. The first kappa shape index (κ1) is 16.3. The van der Waals surface area contributed by atoms with Crippen molar-refractivity contribution < 1.29 is 17.9 Å². The molecule has 0 amide bonds. The first-order chi connectivity index (χ1) is 9.68. The predicted molar refractivity (Wildman–Crippen MR) is 76.0 cm³/mol. The van der Waals surface area contributed by atoms with E-state index in [1.54, 1.807) is 6.07 Å². The second-order valence-corrected chi connectivity index (χ2v) is 6.49. The molecule has 2 nitrogen and oxygen atoms in total. The number of benzene rings is 1. The zero-order valence-electron chi connectivity index (χ0n) is 12.7. The number of rotatable bonds is 3. The molecule has 0 radical (unpaired) electrons. The lowest BCUT2D eigenvalue weighted by atomic mass is 10.1. The Labute approximate surface area is 123 Å². The maximum atomic E-state index is 12.9. The molecule has 1 aliphatic rings. The van der Waals surface area contributed by atoms with Crippen LogP contribution in [0, 0.1) is 0 Å². The Morgan fingerprint density at radius 1 is 1.19 bits per heavy atom. The van der Waals surface area contributed by atoms with Gasteiger partial charge in [0.2, 0.25) is 0 Å². The van der Waals surface area contributed by atoms with Crippen molar-refractivity contribution in [3.63, 3.8) is 0 Å². The van der Waals surface area contributed by atoms with Crippen LogP contribution in [0.5, 0.6) is 0 Å². The second-order valence-electron chi connectivity index (χ2n) is 6.49. The van der Waals surface area contributed by atoms with Crippen LogP contribution in [0.1, 0.15) is 38.3 Å². The predicted octanol–water partition coefficient (Wildman–Crippen LogP) is 4.09. The van der Waals surface area contributed by atoms with Crippen LogP contribution in [0.25, 0.3) is 0 Å². The third-order valence-electron chi connectivity index (χ3n) is 3.89. The summed E-state index contributed by atoms with van der Waals surface area (Å²) in [6.45, 7) is 8.11. The van der Waals surface area contributed by atoms with Crippen LogP contribution in [-0.4, -0.2) is 29.6 Å². The number of nitrogens with zero attached hydrogens (tertiary/aromatic N) is 1. The van der Waals surface area contributed by atoms with Crippen molar-refractivity contribution >= 4 is 0 Å². The van der Waals surface area contributed by atoms with Gasteiger partial charge in [-0.15, -0.1) is 0 Å². The van der Waals surface area contributed by atoms with Crippen molar-refractivity contribution in [1.82, 2.24) is 4.90 Å². The summed E-state index contributed by atoms with van der Waals surface area (Å²) in [5.41, 5.74) is -0.322. The van der Waals surface area contributed by atoms with Crippen LogP contribution in [0.2, 0.25) is 0 Å². The van der Waals surface area contributed by atoms with Crippen LogP contribution in [0.4, 0.5) is 13.2 Å². The topological polar surface area (TPSA) is 12.5 Å². The minimum absolute atomic E-state index is 0.00511. The molecular formula is C16H22F3NO. The number of ether oxygens (including phenoxy) is 1. The lowest BCUT2D eigenvalue weighted by Crippen LogP contribution is -2.40. The molecule has 0 aromatic heterocycles. The van der Waals surface area contributed by atoms with E-state index in [9.17, 15) is 13.2 Å². The van der Waals surface area contributed by atoms with E-state index in [2.05, 4.69) is 25.7 Å². The van der Waals surface area contributed by atoms with Crippen LogP contribution in [-0.2, 0) is 17.5 Å². The molecule has 1 aliphatic heterocycles. The van der Waals surface area contributed by atoms with Crippen molar-refractivity contribution in [1.29, 1.82) is 0 Å². The highest BCUT2D eigenvalue weighted by atomic mass is 19.4. The Kier molecular flexibility index (Phi) is 4.63. The molecule has 21 heavy (non-hydrogen) atoms. The van der Waals surface area contributed by atoms with Gasteiger partial charge in [-0.05, 0) is 38.8 Å². The lowest BCUT2D eigenvalue weighted by Gasteiger charge is -2.31. The van der Waals surface area contributed by atoms with Gasteiger partial charge in [0.05, 0.1) is 18.3 Å². The van der Waals surface area contributed by atoms with Gasteiger partial charge >= 0.3 is 6.18 Å². The van der Waals surface area contributed by atoms with E-state index < -0.39 is 11.7 Å². The van der Waals surface area contributed by atoms with Crippen molar-refractivity contribution in [3.8, 4) is 0 Å². The van der Waals surface area contributed by atoms with Gasteiger partial charge < -0.3 is 4.74 Å². The largest absolute Gasteiger partial charge is 0.416 e. The summed E-state index contributed by atoms with van der Waals surface area (Å²) in [5, 5.41) is 0. The Morgan fingerprint density at radius 2 is 1.86 bits per heavy atom. The smallest absolute Gasteiger partial charge is 0.372 e. The SMILES string of the molecule is CC(C)(C)N1CCC(OCc2ccccc2C(F)(F)F)C1. The van der Waals surface area contributed by atoms with E-state index in [1.807, 2.05) is 0 Å². The Hall–Kier alpha value is -1.07. The van der Waals surface area contributed by atoms with Gasteiger partial charge in [0.1, 0.15) is 0 Å². The van der Waals surface area contributed by atoms with Gasteiger partial charge in [0, 0.05) is 18.6 Å². The maximum absolute atomic E-state index is 12.9. The van der Waals surface area contributed by atoms with Crippen LogP contribution in [0.3, 0.4) is 0 Å². The molecule has 0 N–H and O–H groups in total. The van der Waals surface area contributed by atoms with Crippen LogP contribution >= 0.6 is 0 Å². The molecule has 1 aromatic carbocycles. The van der Waals surface area contributed by atoms with Crippen molar-refractivity contribution in [3.05, 3.63) is 35.4 Å². The molecule has 0 aliphatic carbocycles. The number of hydrogen-bond donors (Lipinski definition) is 0. The zero-order chi connectivity index (χ0) is 15.7. The molecule has 1 saturated heterocycles. The zero-order valence-corrected chi connectivity index (χ0v) is 12.7. The van der Waals surface area contributed by atoms with Crippen LogP contribution < -0.4 is 0 Å². The first-order valence-electron chi connectivity index (χ1n) is 7.19. The quantitative estimate of drug-likeness (QED) is 0.833. The fraction of sp³-hybridized carbons (Fsp3) is 0.625. The molecule has 2 rings (SSSR count). The first-order valence-corrected chi connectivity index (χ1v) is 7.19.